The largest absolute Gasteiger partial charge is 0.393 e. The van der Waals surface area contributed by atoms with Crippen LogP contribution in [0.5, 0.6) is 0 Å². The van der Waals surface area contributed by atoms with E-state index in [1.165, 1.54) is 0 Å². The summed E-state index contributed by atoms with van der Waals surface area (Å²) in [7, 11) is 0. The van der Waals surface area contributed by atoms with Crippen molar-refractivity contribution in [2.24, 2.45) is 0 Å². The van der Waals surface area contributed by atoms with E-state index in [0.29, 0.717) is 19.5 Å². The van der Waals surface area contributed by atoms with Crippen molar-refractivity contribution in [1.29, 1.82) is 0 Å². The van der Waals surface area contributed by atoms with Crippen molar-refractivity contribution >= 4 is 6.03 Å². The normalized spacial score (nSPS) is 11.9. The lowest BCUT2D eigenvalue weighted by Crippen LogP contribution is -2.36. The third kappa shape index (κ3) is 4.88. The van der Waals surface area contributed by atoms with Gasteiger partial charge in [-0.1, -0.05) is 0 Å². The predicted octanol–water partition coefficient (Wildman–Crippen LogP) is 0.837. The average molecular weight is 289 g/mol. The number of hydrogen-bond acceptors (Lipinski definition) is 4. The van der Waals surface area contributed by atoms with E-state index in [1.807, 2.05) is 18.3 Å². The second kappa shape index (κ2) is 7.39. The van der Waals surface area contributed by atoms with Crippen LogP contribution in [0.1, 0.15) is 18.9 Å². The number of carbonyl (C=O) groups is 1. The summed E-state index contributed by atoms with van der Waals surface area (Å²) in [6, 6.07) is 3.48. The van der Waals surface area contributed by atoms with Crippen molar-refractivity contribution in [3.8, 4) is 5.82 Å². The third-order valence-electron chi connectivity index (χ3n) is 2.88. The maximum atomic E-state index is 11.6. The fourth-order valence-electron chi connectivity index (χ4n) is 1.75. The van der Waals surface area contributed by atoms with Crippen molar-refractivity contribution in [2.75, 3.05) is 6.54 Å². The van der Waals surface area contributed by atoms with Gasteiger partial charge in [0.25, 0.3) is 0 Å². The number of imidazole rings is 1. The molecule has 112 valence electrons. The monoisotopic (exact) mass is 289 g/mol. The molecule has 0 aliphatic heterocycles. The first-order chi connectivity index (χ1) is 10.1. The molecule has 0 radical (unpaired) electrons. The maximum Gasteiger partial charge on any atom is 0.315 e. The van der Waals surface area contributed by atoms with Crippen LogP contribution in [-0.4, -0.2) is 38.3 Å². The summed E-state index contributed by atoms with van der Waals surface area (Å²) < 4.78 is 1.80. The fraction of sp³-hybridized carbons (Fsp3) is 0.357. The Labute approximate surface area is 123 Å². The van der Waals surface area contributed by atoms with E-state index in [2.05, 4.69) is 20.6 Å². The van der Waals surface area contributed by atoms with Crippen LogP contribution in [0.15, 0.2) is 37.1 Å². The number of aliphatic hydroxyl groups excluding tert-OH is 1. The lowest BCUT2D eigenvalue weighted by Gasteiger charge is -2.09. The van der Waals surface area contributed by atoms with Gasteiger partial charge in [0.05, 0.1) is 6.10 Å². The summed E-state index contributed by atoms with van der Waals surface area (Å²) in [6.07, 6.45) is 6.97. The smallest absolute Gasteiger partial charge is 0.315 e. The molecule has 2 aromatic heterocycles. The van der Waals surface area contributed by atoms with Gasteiger partial charge in [0, 0.05) is 31.7 Å². The second-order valence-corrected chi connectivity index (χ2v) is 4.74. The molecule has 0 aliphatic rings. The molecule has 2 rings (SSSR count). The quantitative estimate of drug-likeness (QED) is 0.734. The van der Waals surface area contributed by atoms with E-state index in [0.717, 1.165) is 11.4 Å². The number of hydrogen-bond donors (Lipinski definition) is 3. The summed E-state index contributed by atoms with van der Waals surface area (Å²) in [5.74, 6) is 0.751. The van der Waals surface area contributed by atoms with Gasteiger partial charge in [-0.2, -0.15) is 0 Å². The first kappa shape index (κ1) is 15.0. The van der Waals surface area contributed by atoms with Gasteiger partial charge >= 0.3 is 6.03 Å². The summed E-state index contributed by atoms with van der Waals surface area (Å²) in [5, 5.41) is 14.6. The van der Waals surface area contributed by atoms with Gasteiger partial charge in [-0.25, -0.2) is 14.8 Å². The van der Waals surface area contributed by atoms with Crippen LogP contribution in [-0.2, 0) is 6.54 Å². The number of pyridine rings is 1. The molecule has 7 nitrogen and oxygen atoms in total. The van der Waals surface area contributed by atoms with Crippen LogP contribution in [0.25, 0.3) is 5.82 Å². The Morgan fingerprint density at radius 1 is 1.43 bits per heavy atom. The SMILES string of the molecule is CC(O)CCNC(=O)NCc1ccnc(-n2ccnc2)c1. The Balaban J connectivity index is 1.83. The Kier molecular flexibility index (Phi) is 5.28. The van der Waals surface area contributed by atoms with E-state index in [9.17, 15) is 4.79 Å². The van der Waals surface area contributed by atoms with E-state index >= 15 is 0 Å². The molecule has 21 heavy (non-hydrogen) atoms. The molecule has 7 heteroatoms. The molecule has 0 bridgehead atoms. The number of nitrogens with one attached hydrogen (secondary N) is 2. The maximum absolute atomic E-state index is 11.6. The number of aliphatic hydroxyl groups is 1. The van der Waals surface area contributed by atoms with Gasteiger partial charge in [-0.3, -0.25) is 4.57 Å². The van der Waals surface area contributed by atoms with Crippen molar-refractivity contribution in [2.45, 2.75) is 26.0 Å². The van der Waals surface area contributed by atoms with Gasteiger partial charge in [0.1, 0.15) is 12.1 Å². The van der Waals surface area contributed by atoms with Gasteiger partial charge in [-0.05, 0) is 31.0 Å². The van der Waals surface area contributed by atoms with Crippen LogP contribution in [0.4, 0.5) is 4.79 Å². The minimum atomic E-state index is -0.414. The highest BCUT2D eigenvalue weighted by molar-refractivity contribution is 5.73. The molecule has 2 aromatic rings. The van der Waals surface area contributed by atoms with Gasteiger partial charge in [0.2, 0.25) is 0 Å². The lowest BCUT2D eigenvalue weighted by molar-refractivity contribution is 0.183. The summed E-state index contributed by atoms with van der Waals surface area (Å²) in [5.41, 5.74) is 0.944. The number of carbonyl (C=O) groups excluding carboxylic acids is 1. The lowest BCUT2D eigenvalue weighted by atomic mass is 10.2. The first-order valence-electron chi connectivity index (χ1n) is 6.78. The molecule has 3 N–H and O–H groups in total. The van der Waals surface area contributed by atoms with E-state index in [-0.39, 0.29) is 6.03 Å². The molecule has 2 heterocycles. The molecule has 2 amide bonds. The molecule has 0 saturated heterocycles. The molecule has 0 fully saturated rings. The average Bonchev–Trinajstić information content (AvgIpc) is 2.99. The summed E-state index contributed by atoms with van der Waals surface area (Å²) in [4.78, 5) is 19.8. The predicted molar refractivity (Wildman–Crippen MR) is 77.9 cm³/mol. The van der Waals surface area contributed by atoms with Crippen molar-refractivity contribution in [3.05, 3.63) is 42.6 Å². The molecule has 0 aromatic carbocycles. The van der Waals surface area contributed by atoms with Crippen LogP contribution < -0.4 is 10.6 Å². The zero-order chi connectivity index (χ0) is 15.1. The van der Waals surface area contributed by atoms with E-state index < -0.39 is 6.10 Å². The van der Waals surface area contributed by atoms with Crippen LogP contribution >= 0.6 is 0 Å². The number of rotatable bonds is 6. The number of amides is 2. The Morgan fingerprint density at radius 3 is 3.00 bits per heavy atom. The molecular weight excluding hydrogens is 270 g/mol. The number of nitrogens with zero attached hydrogens (tertiary/aromatic N) is 3. The van der Waals surface area contributed by atoms with Crippen LogP contribution in [0.2, 0.25) is 0 Å². The molecule has 1 unspecified atom stereocenters. The number of urea groups is 1. The fourth-order valence-corrected chi connectivity index (χ4v) is 1.75. The van der Waals surface area contributed by atoms with E-state index in [4.69, 9.17) is 5.11 Å². The zero-order valence-electron chi connectivity index (χ0n) is 11.9. The Hall–Kier alpha value is -2.41. The van der Waals surface area contributed by atoms with E-state index in [1.54, 1.807) is 30.2 Å². The Morgan fingerprint density at radius 2 is 2.29 bits per heavy atom. The van der Waals surface area contributed by atoms with Gasteiger partial charge < -0.3 is 15.7 Å². The second-order valence-electron chi connectivity index (χ2n) is 4.74. The minimum absolute atomic E-state index is 0.253. The highest BCUT2D eigenvalue weighted by Gasteiger charge is 2.03. The highest BCUT2D eigenvalue weighted by atomic mass is 16.3. The Bertz CT molecular complexity index is 569. The van der Waals surface area contributed by atoms with Crippen molar-refractivity contribution in [1.82, 2.24) is 25.2 Å². The van der Waals surface area contributed by atoms with Gasteiger partial charge in [0.15, 0.2) is 0 Å². The van der Waals surface area contributed by atoms with Gasteiger partial charge in [-0.15, -0.1) is 0 Å². The molecular formula is C14H19N5O2. The summed E-state index contributed by atoms with van der Waals surface area (Å²) in [6.45, 7) is 2.54. The van der Waals surface area contributed by atoms with Crippen LogP contribution in [0.3, 0.4) is 0 Å². The van der Waals surface area contributed by atoms with Crippen LogP contribution in [0, 0.1) is 0 Å². The minimum Gasteiger partial charge on any atom is -0.393 e. The first-order valence-corrected chi connectivity index (χ1v) is 6.78. The zero-order valence-corrected chi connectivity index (χ0v) is 11.9. The number of aromatic nitrogens is 3. The molecule has 0 aliphatic carbocycles. The summed E-state index contributed by atoms with van der Waals surface area (Å²) >= 11 is 0. The molecule has 1 atom stereocenters. The van der Waals surface area contributed by atoms with Crippen molar-refractivity contribution in [3.63, 3.8) is 0 Å². The molecule has 0 saturated carbocycles. The standard InChI is InChI=1S/C14H19N5O2/c1-11(20)2-4-17-14(21)18-9-12-3-5-16-13(8-12)19-7-6-15-10-19/h3,5-8,10-11,20H,2,4,9H2,1H3,(H2,17,18,21). The van der Waals surface area contributed by atoms with Crippen molar-refractivity contribution < 1.29 is 9.90 Å². The molecule has 0 spiro atoms. The third-order valence-corrected chi connectivity index (χ3v) is 2.88. The topological polar surface area (TPSA) is 92.1 Å². The highest BCUT2D eigenvalue weighted by Crippen LogP contribution is 2.06.